The van der Waals surface area contributed by atoms with Gasteiger partial charge in [-0.3, -0.25) is 4.68 Å². The van der Waals surface area contributed by atoms with E-state index in [9.17, 15) is 4.79 Å². The molecule has 8 heteroatoms. The number of amides is 2. The maximum Gasteiger partial charge on any atom is 0.321 e. The first kappa shape index (κ1) is 16.1. The minimum atomic E-state index is -0.0618. The van der Waals surface area contributed by atoms with E-state index in [1.807, 2.05) is 11.9 Å². The zero-order chi connectivity index (χ0) is 17.2. The van der Waals surface area contributed by atoms with Crippen molar-refractivity contribution in [1.29, 1.82) is 0 Å². The Bertz CT molecular complexity index is 750. The van der Waals surface area contributed by atoms with Gasteiger partial charge in [-0.05, 0) is 25.7 Å². The van der Waals surface area contributed by atoms with Crippen LogP contribution >= 0.6 is 0 Å². The van der Waals surface area contributed by atoms with Crippen molar-refractivity contribution in [3.8, 4) is 0 Å². The van der Waals surface area contributed by atoms with Gasteiger partial charge < -0.3 is 14.8 Å². The van der Waals surface area contributed by atoms with Crippen molar-refractivity contribution in [3.05, 3.63) is 24.0 Å². The average Bonchev–Trinajstić information content (AvgIpc) is 3.14. The van der Waals surface area contributed by atoms with Gasteiger partial charge in [-0.25, -0.2) is 4.79 Å². The molecule has 0 saturated carbocycles. The Balaban J connectivity index is 1.46. The van der Waals surface area contributed by atoms with Gasteiger partial charge in [0, 0.05) is 45.2 Å². The SMILES string of the molecule is Cn1cc(NC(=O)N2CCC[C@@H](c3nnc4n3CCCCC4)C2)cn1. The lowest BCUT2D eigenvalue weighted by atomic mass is 9.97. The highest BCUT2D eigenvalue weighted by molar-refractivity contribution is 5.89. The normalized spacial score (nSPS) is 20.8. The molecule has 25 heavy (non-hydrogen) atoms. The van der Waals surface area contributed by atoms with Crippen LogP contribution in [0.3, 0.4) is 0 Å². The van der Waals surface area contributed by atoms with E-state index in [0.717, 1.165) is 49.7 Å². The van der Waals surface area contributed by atoms with Gasteiger partial charge in [0.25, 0.3) is 0 Å². The van der Waals surface area contributed by atoms with Crippen LogP contribution in [-0.2, 0) is 20.0 Å². The van der Waals surface area contributed by atoms with E-state index in [2.05, 4.69) is 25.2 Å². The molecule has 1 atom stereocenters. The Hall–Kier alpha value is -2.38. The van der Waals surface area contributed by atoms with E-state index < -0.39 is 0 Å². The Morgan fingerprint density at radius 2 is 2.12 bits per heavy atom. The Morgan fingerprint density at radius 1 is 1.20 bits per heavy atom. The van der Waals surface area contributed by atoms with Gasteiger partial charge in [-0.1, -0.05) is 6.42 Å². The Labute approximate surface area is 147 Å². The number of anilines is 1. The molecule has 0 aromatic carbocycles. The van der Waals surface area contributed by atoms with E-state index in [1.165, 1.54) is 19.3 Å². The van der Waals surface area contributed by atoms with Crippen molar-refractivity contribution in [1.82, 2.24) is 29.4 Å². The second-order valence-electron chi connectivity index (χ2n) is 7.05. The Morgan fingerprint density at radius 3 is 2.96 bits per heavy atom. The zero-order valence-electron chi connectivity index (χ0n) is 14.7. The molecule has 0 spiro atoms. The highest BCUT2D eigenvalue weighted by Gasteiger charge is 2.29. The van der Waals surface area contributed by atoms with Gasteiger partial charge in [0.15, 0.2) is 0 Å². The number of likely N-dealkylation sites (tertiary alicyclic amines) is 1. The van der Waals surface area contributed by atoms with Crippen molar-refractivity contribution in [2.75, 3.05) is 18.4 Å². The number of hydrogen-bond acceptors (Lipinski definition) is 4. The topological polar surface area (TPSA) is 80.9 Å². The number of nitrogens with one attached hydrogen (secondary N) is 1. The van der Waals surface area contributed by atoms with Crippen LogP contribution in [0.2, 0.25) is 0 Å². The first-order valence-corrected chi connectivity index (χ1v) is 9.17. The molecule has 4 rings (SSSR count). The highest BCUT2D eigenvalue weighted by atomic mass is 16.2. The number of fused-ring (bicyclic) bond motifs is 1. The van der Waals surface area contributed by atoms with E-state index in [1.54, 1.807) is 17.1 Å². The molecule has 0 aliphatic carbocycles. The molecular formula is C17H25N7O. The number of aromatic nitrogens is 5. The van der Waals surface area contributed by atoms with E-state index >= 15 is 0 Å². The Kier molecular flexibility index (Phi) is 4.42. The molecule has 1 fully saturated rings. The van der Waals surface area contributed by atoms with E-state index in [4.69, 9.17) is 0 Å². The number of urea groups is 1. The fraction of sp³-hybridized carbons (Fsp3) is 0.647. The molecule has 4 heterocycles. The van der Waals surface area contributed by atoms with E-state index in [0.29, 0.717) is 6.54 Å². The quantitative estimate of drug-likeness (QED) is 0.906. The molecule has 0 radical (unpaired) electrons. The molecule has 0 unspecified atom stereocenters. The van der Waals surface area contributed by atoms with Gasteiger partial charge in [-0.15, -0.1) is 10.2 Å². The number of carbonyl (C=O) groups is 1. The molecule has 2 aliphatic heterocycles. The lowest BCUT2D eigenvalue weighted by Crippen LogP contribution is -2.42. The summed E-state index contributed by atoms with van der Waals surface area (Å²) in [6.45, 7) is 2.49. The molecule has 1 saturated heterocycles. The lowest BCUT2D eigenvalue weighted by Gasteiger charge is -2.32. The summed E-state index contributed by atoms with van der Waals surface area (Å²) in [6.07, 6.45) is 10.2. The lowest BCUT2D eigenvalue weighted by molar-refractivity contribution is 0.190. The third-order valence-corrected chi connectivity index (χ3v) is 5.17. The molecule has 8 nitrogen and oxygen atoms in total. The van der Waals surface area contributed by atoms with Gasteiger partial charge >= 0.3 is 6.03 Å². The number of nitrogens with zero attached hydrogens (tertiary/aromatic N) is 6. The van der Waals surface area contributed by atoms with Crippen LogP contribution < -0.4 is 5.32 Å². The van der Waals surface area contributed by atoms with Crippen LogP contribution in [0.4, 0.5) is 10.5 Å². The van der Waals surface area contributed by atoms with Crippen LogP contribution in [0, 0.1) is 0 Å². The minimum Gasteiger partial charge on any atom is -0.324 e. The first-order valence-electron chi connectivity index (χ1n) is 9.17. The smallest absolute Gasteiger partial charge is 0.321 e. The number of piperidine rings is 1. The largest absolute Gasteiger partial charge is 0.324 e. The van der Waals surface area contributed by atoms with Crippen LogP contribution in [0.1, 0.15) is 49.7 Å². The van der Waals surface area contributed by atoms with Crippen LogP contribution in [0.15, 0.2) is 12.4 Å². The molecule has 2 amide bonds. The van der Waals surface area contributed by atoms with Crippen molar-refractivity contribution in [2.45, 2.75) is 51.0 Å². The number of rotatable bonds is 2. The molecule has 2 aromatic heterocycles. The number of carbonyl (C=O) groups excluding carboxylic acids is 1. The maximum atomic E-state index is 12.6. The third kappa shape index (κ3) is 3.38. The molecular weight excluding hydrogens is 318 g/mol. The average molecular weight is 343 g/mol. The second kappa shape index (κ2) is 6.85. The van der Waals surface area contributed by atoms with Crippen LogP contribution in [0.25, 0.3) is 0 Å². The summed E-state index contributed by atoms with van der Waals surface area (Å²) < 4.78 is 3.99. The number of hydrogen-bond donors (Lipinski definition) is 1. The molecule has 2 aliphatic rings. The summed E-state index contributed by atoms with van der Waals surface area (Å²) in [7, 11) is 1.84. The van der Waals surface area contributed by atoms with Gasteiger partial charge in [0.05, 0.1) is 11.9 Å². The van der Waals surface area contributed by atoms with Gasteiger partial charge in [-0.2, -0.15) is 5.10 Å². The second-order valence-corrected chi connectivity index (χ2v) is 7.05. The predicted molar refractivity (Wildman–Crippen MR) is 93.4 cm³/mol. The van der Waals surface area contributed by atoms with Crippen molar-refractivity contribution < 1.29 is 4.79 Å². The highest BCUT2D eigenvalue weighted by Crippen LogP contribution is 2.28. The monoisotopic (exact) mass is 343 g/mol. The first-order chi connectivity index (χ1) is 12.2. The summed E-state index contributed by atoms with van der Waals surface area (Å²) in [6, 6.07) is -0.0618. The molecule has 2 aromatic rings. The summed E-state index contributed by atoms with van der Waals surface area (Å²) in [5.74, 6) is 2.45. The van der Waals surface area contributed by atoms with Crippen molar-refractivity contribution in [3.63, 3.8) is 0 Å². The molecule has 1 N–H and O–H groups in total. The summed E-state index contributed by atoms with van der Waals surface area (Å²) in [4.78, 5) is 14.5. The summed E-state index contributed by atoms with van der Waals surface area (Å²) in [5, 5.41) is 15.9. The van der Waals surface area contributed by atoms with Crippen molar-refractivity contribution >= 4 is 11.7 Å². The van der Waals surface area contributed by atoms with Crippen LogP contribution in [-0.4, -0.2) is 48.6 Å². The van der Waals surface area contributed by atoms with Gasteiger partial charge in [0.1, 0.15) is 11.6 Å². The fourth-order valence-corrected chi connectivity index (χ4v) is 3.87. The van der Waals surface area contributed by atoms with Crippen LogP contribution in [0.5, 0.6) is 0 Å². The summed E-state index contributed by atoms with van der Waals surface area (Å²) >= 11 is 0. The van der Waals surface area contributed by atoms with Crippen molar-refractivity contribution in [2.24, 2.45) is 7.05 Å². The number of aryl methyl sites for hydroxylation is 2. The van der Waals surface area contributed by atoms with Gasteiger partial charge in [0.2, 0.25) is 0 Å². The maximum absolute atomic E-state index is 12.6. The van der Waals surface area contributed by atoms with E-state index in [-0.39, 0.29) is 11.9 Å². The molecule has 0 bridgehead atoms. The third-order valence-electron chi connectivity index (χ3n) is 5.17. The standard InChI is InChI=1S/C17H25N7O/c1-22-12-14(10-18-22)19-17(25)23-8-5-6-13(11-23)16-21-20-15-7-3-2-4-9-24(15)16/h10,12-13H,2-9,11H2,1H3,(H,19,25)/t13-/m1/s1. The fourth-order valence-electron chi connectivity index (χ4n) is 3.87. The predicted octanol–water partition coefficient (Wildman–Crippen LogP) is 2.15. The zero-order valence-corrected chi connectivity index (χ0v) is 14.7. The minimum absolute atomic E-state index is 0.0618. The molecule has 134 valence electrons. The summed E-state index contributed by atoms with van der Waals surface area (Å²) in [5.41, 5.74) is 0.728.